The van der Waals surface area contributed by atoms with Gasteiger partial charge >= 0.3 is 0 Å². The van der Waals surface area contributed by atoms with Crippen molar-refractivity contribution in [2.75, 3.05) is 22.9 Å². The molecule has 0 saturated carbocycles. The molecule has 5 N–H and O–H groups in total. The lowest BCUT2D eigenvalue weighted by Gasteiger charge is -2.18. The molecule has 0 aliphatic rings. The zero-order valence-corrected chi connectivity index (χ0v) is 17.1. The van der Waals surface area contributed by atoms with E-state index in [9.17, 15) is 18.5 Å². The minimum absolute atomic E-state index is 0.0152. The number of aliphatic hydroxyl groups excluding tert-OH is 1. The van der Waals surface area contributed by atoms with Crippen molar-refractivity contribution in [3.8, 4) is 5.75 Å². The molecule has 0 aliphatic carbocycles. The van der Waals surface area contributed by atoms with Crippen LogP contribution in [0.15, 0.2) is 36.7 Å². The fourth-order valence-electron chi connectivity index (χ4n) is 2.90. The molecule has 158 valence electrons. The monoisotopic (exact) mass is 434 g/mol. The molecule has 0 aliphatic heterocycles. The van der Waals surface area contributed by atoms with Crippen molar-refractivity contribution in [2.45, 2.75) is 13.0 Å². The summed E-state index contributed by atoms with van der Waals surface area (Å²) in [4.78, 5) is 19.9. The van der Waals surface area contributed by atoms with Gasteiger partial charge in [0.05, 0.1) is 23.5 Å². The Kier molecular flexibility index (Phi) is 6.43. The molecule has 30 heavy (non-hydrogen) atoms. The first-order valence-corrected chi connectivity index (χ1v) is 10.6. The lowest BCUT2D eigenvalue weighted by atomic mass is 10.1. The predicted molar refractivity (Wildman–Crippen MR) is 114 cm³/mol. The molecule has 1 aromatic heterocycles. The van der Waals surface area contributed by atoms with Gasteiger partial charge in [-0.3, -0.25) is 4.79 Å². The average molecular weight is 434 g/mol. The van der Waals surface area contributed by atoms with E-state index in [1.807, 2.05) is 13.0 Å². The maximum absolute atomic E-state index is 13.8. The van der Waals surface area contributed by atoms with Crippen LogP contribution >= 0.6 is 0 Å². The van der Waals surface area contributed by atoms with E-state index in [0.29, 0.717) is 28.1 Å². The fourth-order valence-corrected chi connectivity index (χ4v) is 3.39. The molecule has 2 aromatic carbocycles. The summed E-state index contributed by atoms with van der Waals surface area (Å²) in [5.41, 5.74) is 7.57. The number of primary amides is 1. The molecule has 0 fully saturated rings. The van der Waals surface area contributed by atoms with Crippen LogP contribution in [0, 0.1) is 12.7 Å². The highest BCUT2D eigenvalue weighted by Gasteiger charge is 2.19. The molecule has 2 atom stereocenters. The Balaban J connectivity index is 2.02. The van der Waals surface area contributed by atoms with Gasteiger partial charge in [0.2, 0.25) is 0 Å². The Morgan fingerprint density at radius 1 is 1.33 bits per heavy atom. The van der Waals surface area contributed by atoms with Crippen molar-refractivity contribution >= 4 is 45.0 Å². The number of anilines is 3. The molecule has 0 bridgehead atoms. The Hall–Kier alpha value is -3.31. The summed E-state index contributed by atoms with van der Waals surface area (Å²) < 4.78 is 33.5. The number of aromatic nitrogens is 2. The van der Waals surface area contributed by atoms with Gasteiger partial charge in [0.1, 0.15) is 30.0 Å². The van der Waals surface area contributed by atoms with E-state index < -0.39 is 35.4 Å². The Labute approximate surface area is 174 Å². The number of carbonyl (C=O) groups excluding carboxylic acids is 1. The maximum Gasteiger partial charge on any atom is 0.260 e. The first kappa shape index (κ1) is 21.4. The van der Waals surface area contributed by atoms with Crippen molar-refractivity contribution in [3.63, 3.8) is 0 Å². The minimum atomic E-state index is -1.58. The SMILES string of the molecule is Cc1cc(N[SH+](C)=O)cc2ncnc(Nc3ccc(F)cc3OC(CO)C(N)=O)c12. The van der Waals surface area contributed by atoms with Crippen LogP contribution in [0.2, 0.25) is 0 Å². The summed E-state index contributed by atoms with van der Waals surface area (Å²) in [5.74, 6) is -1.07. The summed E-state index contributed by atoms with van der Waals surface area (Å²) in [6.45, 7) is 1.19. The Morgan fingerprint density at radius 3 is 2.77 bits per heavy atom. The smallest absolute Gasteiger partial charge is 0.260 e. The van der Waals surface area contributed by atoms with Crippen LogP contribution in [0.25, 0.3) is 10.9 Å². The number of carbonyl (C=O) groups is 1. The van der Waals surface area contributed by atoms with Gasteiger partial charge in [-0.05, 0) is 36.8 Å². The number of thiol groups is 1. The number of fused-ring (bicyclic) bond motifs is 1. The molecular weight excluding hydrogens is 413 g/mol. The van der Waals surface area contributed by atoms with Crippen LogP contribution in [-0.2, 0) is 20.0 Å². The highest BCUT2D eigenvalue weighted by molar-refractivity contribution is 7.85. The second-order valence-corrected chi connectivity index (χ2v) is 7.69. The molecule has 2 unspecified atom stereocenters. The summed E-state index contributed by atoms with van der Waals surface area (Å²) in [6.07, 6.45) is 1.58. The average Bonchev–Trinajstić information content (AvgIpc) is 2.67. The third-order valence-corrected chi connectivity index (χ3v) is 4.74. The van der Waals surface area contributed by atoms with Crippen molar-refractivity contribution in [1.82, 2.24) is 9.97 Å². The first-order chi connectivity index (χ1) is 14.3. The van der Waals surface area contributed by atoms with E-state index in [-0.39, 0.29) is 5.75 Å². The third kappa shape index (κ3) is 4.81. The molecule has 0 radical (unpaired) electrons. The summed E-state index contributed by atoms with van der Waals surface area (Å²) >= 11 is 0. The number of nitrogens with one attached hydrogen (secondary N) is 2. The number of aryl methyl sites for hydroxylation is 1. The van der Waals surface area contributed by atoms with E-state index in [2.05, 4.69) is 20.0 Å². The second kappa shape index (κ2) is 9.01. The van der Waals surface area contributed by atoms with Crippen LogP contribution in [-0.4, -0.2) is 39.9 Å². The molecule has 0 saturated heterocycles. The molecule has 9 nitrogen and oxygen atoms in total. The van der Waals surface area contributed by atoms with Gasteiger partial charge in [-0.2, -0.15) is 0 Å². The third-order valence-electron chi connectivity index (χ3n) is 4.17. The zero-order valence-electron chi connectivity index (χ0n) is 16.2. The van der Waals surface area contributed by atoms with Crippen LogP contribution in [0.4, 0.5) is 21.6 Å². The highest BCUT2D eigenvalue weighted by atomic mass is 32.2. The second-order valence-electron chi connectivity index (χ2n) is 6.48. The van der Waals surface area contributed by atoms with Gasteiger partial charge in [-0.15, -0.1) is 0 Å². The van der Waals surface area contributed by atoms with Crippen molar-refractivity contribution in [3.05, 3.63) is 48.0 Å². The number of hydrogen-bond donors (Lipinski definition) is 4. The lowest BCUT2D eigenvalue weighted by molar-refractivity contribution is -0.126. The molecule has 11 heteroatoms. The zero-order chi connectivity index (χ0) is 21.8. The van der Waals surface area contributed by atoms with Crippen molar-refractivity contribution in [2.24, 2.45) is 5.73 Å². The van der Waals surface area contributed by atoms with E-state index in [1.54, 1.807) is 12.3 Å². The molecule has 1 heterocycles. The standard InChI is InChI=1S/C19H20FN5O4S/c1-10-5-12(25-30(2)28)7-14-17(10)19(23-9-22-14)24-13-4-3-11(20)6-15(13)29-16(8-26)18(21)27/h3-7,9,16,26H,8H2,1-2H3,(H2,21,27)(H,25,28)(H,22,23,24)/p+1. The molecule has 3 aromatic rings. The van der Waals surface area contributed by atoms with Crippen LogP contribution in [0.5, 0.6) is 5.75 Å². The number of halogens is 1. The largest absolute Gasteiger partial charge is 0.476 e. The van der Waals surface area contributed by atoms with Gasteiger partial charge in [-0.25, -0.2) is 19.1 Å². The normalized spacial score (nSPS) is 12.9. The van der Waals surface area contributed by atoms with Crippen LogP contribution < -0.4 is 20.5 Å². The van der Waals surface area contributed by atoms with E-state index in [4.69, 9.17) is 10.5 Å². The molecule has 0 spiro atoms. The summed E-state index contributed by atoms with van der Waals surface area (Å²) in [7, 11) is -1.58. The molecular formula is C19H21FN5O4S+. The van der Waals surface area contributed by atoms with Gasteiger partial charge in [0.25, 0.3) is 5.91 Å². The predicted octanol–water partition coefficient (Wildman–Crippen LogP) is 1.70. The number of nitrogens with zero attached hydrogens (tertiary/aromatic N) is 2. The quantitative estimate of drug-likeness (QED) is 0.312. The van der Waals surface area contributed by atoms with Gasteiger partial charge in [0, 0.05) is 11.5 Å². The van der Waals surface area contributed by atoms with Gasteiger partial charge in [-0.1, -0.05) is 4.21 Å². The number of amides is 1. The van der Waals surface area contributed by atoms with Crippen LogP contribution in [0.3, 0.4) is 0 Å². The summed E-state index contributed by atoms with van der Waals surface area (Å²) in [5, 5.41) is 13.0. The number of benzene rings is 2. The van der Waals surface area contributed by atoms with Crippen molar-refractivity contribution < 1.29 is 23.2 Å². The topological polar surface area (TPSA) is 139 Å². The van der Waals surface area contributed by atoms with E-state index >= 15 is 0 Å². The van der Waals surface area contributed by atoms with Gasteiger partial charge in [0.15, 0.2) is 17.1 Å². The molecule has 1 amide bonds. The van der Waals surface area contributed by atoms with E-state index in [0.717, 1.165) is 11.6 Å². The Morgan fingerprint density at radius 2 is 2.10 bits per heavy atom. The van der Waals surface area contributed by atoms with Crippen molar-refractivity contribution in [1.29, 1.82) is 0 Å². The molecule has 3 rings (SSSR count). The van der Waals surface area contributed by atoms with Gasteiger partial charge < -0.3 is 20.9 Å². The number of rotatable bonds is 8. The first-order valence-electron chi connectivity index (χ1n) is 8.84. The fraction of sp³-hybridized carbons (Fsp3) is 0.211. The lowest BCUT2D eigenvalue weighted by Crippen LogP contribution is -2.36. The highest BCUT2D eigenvalue weighted by Crippen LogP contribution is 2.33. The minimum Gasteiger partial charge on any atom is -0.476 e. The van der Waals surface area contributed by atoms with Crippen LogP contribution in [0.1, 0.15) is 5.56 Å². The number of hydrogen-bond acceptors (Lipinski definition) is 7. The number of nitrogens with two attached hydrogens (primary N) is 1. The number of aliphatic hydroxyl groups is 1. The number of ether oxygens (including phenoxy) is 1. The maximum atomic E-state index is 13.8. The Bertz CT molecular complexity index is 1130. The summed E-state index contributed by atoms with van der Waals surface area (Å²) in [6, 6.07) is 7.25. The van der Waals surface area contributed by atoms with E-state index in [1.165, 1.54) is 18.5 Å².